The van der Waals surface area contributed by atoms with Gasteiger partial charge in [-0.1, -0.05) is 13.8 Å². The number of nitrogens with zero attached hydrogens (tertiary/aromatic N) is 1. The van der Waals surface area contributed by atoms with E-state index in [0.29, 0.717) is 13.2 Å². The van der Waals surface area contributed by atoms with E-state index in [-0.39, 0.29) is 0 Å². The van der Waals surface area contributed by atoms with Crippen molar-refractivity contribution in [1.82, 2.24) is 10.3 Å². The number of pyridine rings is 1. The largest absolute Gasteiger partial charge is 0.492 e. The van der Waals surface area contributed by atoms with E-state index in [1.165, 1.54) is 6.42 Å². The van der Waals surface area contributed by atoms with Crippen LogP contribution in [-0.4, -0.2) is 31.9 Å². The van der Waals surface area contributed by atoms with Crippen LogP contribution in [0.15, 0.2) is 12.1 Å². The molecule has 114 valence electrons. The molecule has 1 rings (SSSR count). The number of ether oxygens (including phenoxy) is 2. The van der Waals surface area contributed by atoms with Crippen molar-refractivity contribution in [2.45, 2.75) is 40.2 Å². The maximum absolute atomic E-state index is 5.87. The zero-order chi connectivity index (χ0) is 14.8. The molecule has 1 N–H and O–H groups in total. The number of aryl methyl sites for hydroxylation is 1. The summed E-state index contributed by atoms with van der Waals surface area (Å²) in [5.74, 6) is 1.62. The topological polar surface area (TPSA) is 43.4 Å². The van der Waals surface area contributed by atoms with Gasteiger partial charge in [0.05, 0.1) is 18.9 Å². The number of methoxy groups -OCH3 is 1. The SMILES string of the molecule is COCCNCc1nc(C)ccc1OCCCC(C)C. The number of aromatic nitrogens is 1. The van der Waals surface area contributed by atoms with Crippen molar-refractivity contribution in [1.29, 1.82) is 0 Å². The molecule has 1 aromatic rings. The number of rotatable bonds is 10. The van der Waals surface area contributed by atoms with E-state index in [4.69, 9.17) is 9.47 Å². The predicted molar refractivity (Wildman–Crippen MR) is 82.1 cm³/mol. The van der Waals surface area contributed by atoms with Crippen LogP contribution in [0.5, 0.6) is 5.75 Å². The van der Waals surface area contributed by atoms with Crippen LogP contribution in [-0.2, 0) is 11.3 Å². The minimum absolute atomic E-state index is 0.705. The minimum Gasteiger partial charge on any atom is -0.492 e. The molecule has 0 fully saturated rings. The molecule has 0 spiro atoms. The Morgan fingerprint density at radius 3 is 2.75 bits per heavy atom. The van der Waals surface area contributed by atoms with E-state index in [9.17, 15) is 0 Å². The van der Waals surface area contributed by atoms with Crippen molar-refractivity contribution >= 4 is 0 Å². The normalized spacial score (nSPS) is 11.1. The maximum Gasteiger partial charge on any atom is 0.142 e. The molecule has 0 bridgehead atoms. The molecule has 1 aromatic heterocycles. The Labute approximate surface area is 122 Å². The molecule has 0 aliphatic heterocycles. The molecule has 0 aromatic carbocycles. The second-order valence-corrected chi connectivity index (χ2v) is 5.45. The second kappa shape index (κ2) is 9.72. The summed E-state index contributed by atoms with van der Waals surface area (Å²) in [6.07, 6.45) is 2.28. The van der Waals surface area contributed by atoms with Crippen molar-refractivity contribution in [2.24, 2.45) is 5.92 Å². The third-order valence-electron chi connectivity index (χ3n) is 3.03. The van der Waals surface area contributed by atoms with Crippen LogP contribution in [0.4, 0.5) is 0 Å². The van der Waals surface area contributed by atoms with E-state index in [0.717, 1.165) is 42.6 Å². The fraction of sp³-hybridized carbons (Fsp3) is 0.688. The Morgan fingerprint density at radius 1 is 1.25 bits per heavy atom. The van der Waals surface area contributed by atoms with Gasteiger partial charge < -0.3 is 14.8 Å². The third-order valence-corrected chi connectivity index (χ3v) is 3.03. The van der Waals surface area contributed by atoms with E-state index >= 15 is 0 Å². The zero-order valence-electron chi connectivity index (χ0n) is 13.2. The highest BCUT2D eigenvalue weighted by atomic mass is 16.5. The average Bonchev–Trinajstić information content (AvgIpc) is 2.41. The summed E-state index contributed by atoms with van der Waals surface area (Å²) in [7, 11) is 1.70. The van der Waals surface area contributed by atoms with E-state index in [2.05, 4.69) is 24.1 Å². The molecule has 0 amide bonds. The van der Waals surface area contributed by atoms with Gasteiger partial charge in [-0.3, -0.25) is 4.98 Å². The summed E-state index contributed by atoms with van der Waals surface area (Å²) in [4.78, 5) is 4.56. The number of hydrogen-bond acceptors (Lipinski definition) is 4. The van der Waals surface area contributed by atoms with Crippen LogP contribution in [0, 0.1) is 12.8 Å². The summed E-state index contributed by atoms with van der Waals surface area (Å²) in [6, 6.07) is 4.02. The van der Waals surface area contributed by atoms with Crippen LogP contribution >= 0.6 is 0 Å². The Kier molecular flexibility index (Phi) is 8.23. The van der Waals surface area contributed by atoms with Crippen LogP contribution in [0.25, 0.3) is 0 Å². The Bertz CT molecular complexity index is 381. The first-order valence-electron chi connectivity index (χ1n) is 7.42. The van der Waals surface area contributed by atoms with Gasteiger partial charge in [-0.2, -0.15) is 0 Å². The van der Waals surface area contributed by atoms with Gasteiger partial charge in [0.2, 0.25) is 0 Å². The maximum atomic E-state index is 5.87. The smallest absolute Gasteiger partial charge is 0.142 e. The Morgan fingerprint density at radius 2 is 2.05 bits per heavy atom. The molecule has 0 saturated carbocycles. The molecule has 20 heavy (non-hydrogen) atoms. The van der Waals surface area contributed by atoms with Gasteiger partial charge in [-0.05, 0) is 37.8 Å². The average molecular weight is 280 g/mol. The van der Waals surface area contributed by atoms with Gasteiger partial charge in [0, 0.05) is 25.9 Å². The highest BCUT2D eigenvalue weighted by Crippen LogP contribution is 2.17. The predicted octanol–water partition coefficient (Wildman–Crippen LogP) is 2.94. The number of nitrogens with one attached hydrogen (secondary N) is 1. The van der Waals surface area contributed by atoms with E-state index in [1.807, 2.05) is 19.1 Å². The lowest BCUT2D eigenvalue weighted by Gasteiger charge is -2.12. The summed E-state index contributed by atoms with van der Waals surface area (Å²) >= 11 is 0. The lowest BCUT2D eigenvalue weighted by Crippen LogP contribution is -2.20. The first-order chi connectivity index (χ1) is 9.63. The first-order valence-corrected chi connectivity index (χ1v) is 7.42. The van der Waals surface area contributed by atoms with Crippen LogP contribution < -0.4 is 10.1 Å². The van der Waals surface area contributed by atoms with E-state index in [1.54, 1.807) is 7.11 Å². The van der Waals surface area contributed by atoms with Crippen molar-refractivity contribution < 1.29 is 9.47 Å². The lowest BCUT2D eigenvalue weighted by molar-refractivity contribution is 0.198. The first kappa shape index (κ1) is 16.9. The Hall–Kier alpha value is -1.13. The monoisotopic (exact) mass is 280 g/mol. The summed E-state index contributed by atoms with van der Waals surface area (Å²) in [5, 5.41) is 3.31. The van der Waals surface area contributed by atoms with Crippen LogP contribution in [0.2, 0.25) is 0 Å². The molecule has 0 radical (unpaired) electrons. The summed E-state index contributed by atoms with van der Waals surface area (Å²) in [5.41, 5.74) is 1.99. The minimum atomic E-state index is 0.705. The van der Waals surface area contributed by atoms with Crippen molar-refractivity contribution in [3.8, 4) is 5.75 Å². The molecule has 0 saturated heterocycles. The molecule has 4 nitrogen and oxygen atoms in total. The molecule has 1 heterocycles. The summed E-state index contributed by atoms with van der Waals surface area (Å²) < 4.78 is 10.9. The quantitative estimate of drug-likeness (QED) is 0.669. The van der Waals surface area contributed by atoms with Gasteiger partial charge in [0.1, 0.15) is 5.75 Å². The van der Waals surface area contributed by atoms with Crippen molar-refractivity contribution in [2.75, 3.05) is 26.9 Å². The zero-order valence-corrected chi connectivity index (χ0v) is 13.2. The highest BCUT2D eigenvalue weighted by Gasteiger charge is 2.06. The van der Waals surface area contributed by atoms with Crippen LogP contribution in [0.1, 0.15) is 38.1 Å². The van der Waals surface area contributed by atoms with Crippen molar-refractivity contribution in [3.05, 3.63) is 23.5 Å². The highest BCUT2D eigenvalue weighted by molar-refractivity contribution is 5.29. The van der Waals surface area contributed by atoms with Gasteiger partial charge >= 0.3 is 0 Å². The van der Waals surface area contributed by atoms with Crippen LogP contribution in [0.3, 0.4) is 0 Å². The molecule has 0 aliphatic rings. The van der Waals surface area contributed by atoms with Gasteiger partial charge in [-0.25, -0.2) is 0 Å². The number of hydrogen-bond donors (Lipinski definition) is 1. The third kappa shape index (κ3) is 6.87. The van der Waals surface area contributed by atoms with Gasteiger partial charge in [-0.15, -0.1) is 0 Å². The van der Waals surface area contributed by atoms with Crippen molar-refractivity contribution in [3.63, 3.8) is 0 Å². The standard InChI is InChI=1S/C16H28N2O2/c1-13(2)6-5-10-20-16-8-7-14(3)18-15(16)12-17-9-11-19-4/h7-8,13,17H,5-6,9-12H2,1-4H3. The molecule has 0 atom stereocenters. The van der Waals surface area contributed by atoms with Gasteiger partial charge in [0.15, 0.2) is 0 Å². The molecular formula is C16H28N2O2. The van der Waals surface area contributed by atoms with E-state index < -0.39 is 0 Å². The second-order valence-electron chi connectivity index (χ2n) is 5.45. The van der Waals surface area contributed by atoms with Gasteiger partial charge in [0.25, 0.3) is 0 Å². The fourth-order valence-electron chi connectivity index (χ4n) is 1.91. The summed E-state index contributed by atoms with van der Waals surface area (Å²) in [6.45, 7) is 9.46. The fourth-order valence-corrected chi connectivity index (χ4v) is 1.91. The molecule has 4 heteroatoms. The Balaban J connectivity index is 2.47. The lowest BCUT2D eigenvalue weighted by atomic mass is 10.1. The molecule has 0 unspecified atom stereocenters. The molecule has 0 aliphatic carbocycles. The molecular weight excluding hydrogens is 252 g/mol.